The zero-order chi connectivity index (χ0) is 16.2. The summed E-state index contributed by atoms with van der Waals surface area (Å²) < 4.78 is 18.7. The molecule has 1 aliphatic rings. The predicted octanol–water partition coefficient (Wildman–Crippen LogP) is 3.88. The molecule has 1 fully saturated rings. The van der Waals surface area contributed by atoms with E-state index in [2.05, 4.69) is 0 Å². The minimum Gasteiger partial charge on any atom is -0.484 e. The molecule has 4 heteroatoms. The van der Waals surface area contributed by atoms with Crippen molar-refractivity contribution in [2.75, 3.05) is 13.2 Å². The van der Waals surface area contributed by atoms with Gasteiger partial charge in [-0.2, -0.15) is 0 Å². The number of benzene rings is 2. The molecule has 1 atom stereocenters. The van der Waals surface area contributed by atoms with Crippen LogP contribution in [-0.2, 0) is 4.79 Å². The normalized spacial score (nSPS) is 17.3. The highest BCUT2D eigenvalue weighted by Crippen LogP contribution is 2.32. The fourth-order valence-corrected chi connectivity index (χ4v) is 3.03. The predicted molar refractivity (Wildman–Crippen MR) is 86.8 cm³/mol. The quantitative estimate of drug-likeness (QED) is 0.857. The van der Waals surface area contributed by atoms with Gasteiger partial charge >= 0.3 is 0 Å². The number of likely N-dealkylation sites (tertiary alicyclic amines) is 1. The summed E-state index contributed by atoms with van der Waals surface area (Å²) in [6.45, 7) is 2.74. The van der Waals surface area contributed by atoms with Crippen molar-refractivity contribution >= 4 is 5.91 Å². The van der Waals surface area contributed by atoms with Crippen LogP contribution in [0, 0.1) is 12.7 Å². The van der Waals surface area contributed by atoms with Gasteiger partial charge in [-0.1, -0.05) is 24.3 Å². The van der Waals surface area contributed by atoms with E-state index in [4.69, 9.17) is 4.74 Å². The lowest BCUT2D eigenvalue weighted by atomic mass is 10.0. The third-order valence-electron chi connectivity index (χ3n) is 4.18. The van der Waals surface area contributed by atoms with Gasteiger partial charge in [0.15, 0.2) is 6.61 Å². The molecule has 1 aliphatic heterocycles. The molecule has 0 spiro atoms. The summed E-state index contributed by atoms with van der Waals surface area (Å²) >= 11 is 0. The molecule has 2 aromatic rings. The maximum atomic E-state index is 13.1. The van der Waals surface area contributed by atoms with Gasteiger partial charge in [0.1, 0.15) is 11.6 Å². The van der Waals surface area contributed by atoms with Crippen LogP contribution in [0.25, 0.3) is 0 Å². The van der Waals surface area contributed by atoms with Crippen LogP contribution in [0.5, 0.6) is 5.75 Å². The summed E-state index contributed by atoms with van der Waals surface area (Å²) in [6, 6.07) is 14.1. The second kappa shape index (κ2) is 6.82. The fourth-order valence-electron chi connectivity index (χ4n) is 3.03. The van der Waals surface area contributed by atoms with E-state index < -0.39 is 0 Å². The molecule has 3 nitrogen and oxygen atoms in total. The van der Waals surface area contributed by atoms with Crippen molar-refractivity contribution in [2.45, 2.75) is 25.8 Å². The first-order chi connectivity index (χ1) is 11.1. The molecule has 1 saturated heterocycles. The molecule has 1 unspecified atom stereocenters. The molecule has 1 amide bonds. The van der Waals surface area contributed by atoms with Crippen molar-refractivity contribution in [3.63, 3.8) is 0 Å². The first-order valence-corrected chi connectivity index (χ1v) is 7.88. The van der Waals surface area contributed by atoms with Crippen LogP contribution in [0.4, 0.5) is 4.39 Å². The Bertz CT molecular complexity index is 684. The zero-order valence-electron chi connectivity index (χ0n) is 13.2. The van der Waals surface area contributed by atoms with Crippen molar-refractivity contribution in [3.05, 3.63) is 65.5 Å². The van der Waals surface area contributed by atoms with Gasteiger partial charge in [-0.15, -0.1) is 0 Å². The van der Waals surface area contributed by atoms with E-state index in [1.807, 2.05) is 36.1 Å². The molecule has 0 radical (unpaired) electrons. The lowest BCUT2D eigenvalue weighted by molar-refractivity contribution is -0.134. The number of aryl methyl sites for hydroxylation is 1. The van der Waals surface area contributed by atoms with Crippen molar-refractivity contribution < 1.29 is 13.9 Å². The van der Waals surface area contributed by atoms with E-state index in [1.165, 1.54) is 12.1 Å². The van der Waals surface area contributed by atoms with Crippen LogP contribution < -0.4 is 4.74 Å². The standard InChI is InChI=1S/C19H20FNO2/c1-14-4-2-5-17(12-14)23-13-19(22)21-11-3-6-18(21)15-7-9-16(20)10-8-15/h2,4-5,7-10,12,18H,3,6,11,13H2,1H3. The molecule has 0 bridgehead atoms. The molecule has 0 aromatic heterocycles. The van der Waals surface area contributed by atoms with Crippen molar-refractivity contribution in [1.29, 1.82) is 0 Å². The molecule has 0 saturated carbocycles. The third-order valence-corrected chi connectivity index (χ3v) is 4.18. The lowest BCUT2D eigenvalue weighted by Crippen LogP contribution is -2.34. The van der Waals surface area contributed by atoms with E-state index in [-0.39, 0.29) is 24.4 Å². The largest absolute Gasteiger partial charge is 0.484 e. The Kier molecular flexibility index (Phi) is 4.60. The van der Waals surface area contributed by atoms with Gasteiger partial charge in [0.05, 0.1) is 6.04 Å². The number of carbonyl (C=O) groups excluding carboxylic acids is 1. The fraction of sp³-hybridized carbons (Fsp3) is 0.316. The van der Waals surface area contributed by atoms with Crippen LogP contribution in [0.2, 0.25) is 0 Å². The lowest BCUT2D eigenvalue weighted by Gasteiger charge is -2.25. The zero-order valence-corrected chi connectivity index (χ0v) is 13.2. The monoisotopic (exact) mass is 313 g/mol. The summed E-state index contributed by atoms with van der Waals surface area (Å²) in [5, 5.41) is 0. The summed E-state index contributed by atoms with van der Waals surface area (Å²) in [7, 11) is 0. The summed E-state index contributed by atoms with van der Waals surface area (Å²) in [4.78, 5) is 14.3. The van der Waals surface area contributed by atoms with Crippen LogP contribution in [0.1, 0.15) is 30.0 Å². The van der Waals surface area contributed by atoms with Crippen molar-refractivity contribution in [3.8, 4) is 5.75 Å². The Morgan fingerprint density at radius 3 is 2.78 bits per heavy atom. The van der Waals surface area contributed by atoms with Crippen LogP contribution in [0.3, 0.4) is 0 Å². The van der Waals surface area contributed by atoms with Gasteiger partial charge in [-0.05, 0) is 55.2 Å². The number of halogens is 1. The number of hydrogen-bond donors (Lipinski definition) is 0. The number of amides is 1. The van der Waals surface area contributed by atoms with Gasteiger partial charge in [0, 0.05) is 6.54 Å². The molecule has 120 valence electrons. The summed E-state index contributed by atoms with van der Waals surface area (Å²) in [6.07, 6.45) is 1.86. The van der Waals surface area contributed by atoms with Gasteiger partial charge in [-0.3, -0.25) is 4.79 Å². The summed E-state index contributed by atoms with van der Waals surface area (Å²) in [5.74, 6) is 0.418. The second-order valence-corrected chi connectivity index (χ2v) is 5.90. The van der Waals surface area contributed by atoms with Gasteiger partial charge < -0.3 is 9.64 Å². The summed E-state index contributed by atoms with van der Waals surface area (Å²) in [5.41, 5.74) is 2.08. The minimum atomic E-state index is -0.257. The highest BCUT2D eigenvalue weighted by atomic mass is 19.1. The maximum absolute atomic E-state index is 13.1. The molecular weight excluding hydrogens is 293 g/mol. The van der Waals surface area contributed by atoms with Gasteiger partial charge in [-0.25, -0.2) is 4.39 Å². The third kappa shape index (κ3) is 3.70. The van der Waals surface area contributed by atoms with Crippen molar-refractivity contribution in [2.24, 2.45) is 0 Å². The SMILES string of the molecule is Cc1cccc(OCC(=O)N2CCCC2c2ccc(F)cc2)c1. The van der Waals surface area contributed by atoms with E-state index in [0.29, 0.717) is 5.75 Å². The topological polar surface area (TPSA) is 29.5 Å². The molecule has 23 heavy (non-hydrogen) atoms. The number of ether oxygens (including phenoxy) is 1. The molecular formula is C19H20FNO2. The van der Waals surface area contributed by atoms with E-state index in [1.54, 1.807) is 12.1 Å². The molecule has 2 aromatic carbocycles. The molecule has 0 aliphatic carbocycles. The number of carbonyl (C=O) groups is 1. The van der Waals surface area contributed by atoms with Gasteiger partial charge in [0.25, 0.3) is 5.91 Å². The van der Waals surface area contributed by atoms with E-state index >= 15 is 0 Å². The average Bonchev–Trinajstić information content (AvgIpc) is 3.03. The Morgan fingerprint density at radius 1 is 1.26 bits per heavy atom. The first-order valence-electron chi connectivity index (χ1n) is 7.88. The van der Waals surface area contributed by atoms with Crippen LogP contribution in [0.15, 0.2) is 48.5 Å². The van der Waals surface area contributed by atoms with Crippen LogP contribution >= 0.6 is 0 Å². The Balaban J connectivity index is 1.65. The number of nitrogens with zero attached hydrogens (tertiary/aromatic N) is 1. The average molecular weight is 313 g/mol. The number of hydrogen-bond acceptors (Lipinski definition) is 2. The van der Waals surface area contributed by atoms with Crippen molar-refractivity contribution in [1.82, 2.24) is 4.90 Å². The van der Waals surface area contributed by atoms with Crippen LogP contribution in [-0.4, -0.2) is 24.0 Å². The van der Waals surface area contributed by atoms with E-state index in [0.717, 1.165) is 30.5 Å². The smallest absolute Gasteiger partial charge is 0.261 e. The Hall–Kier alpha value is -2.36. The van der Waals surface area contributed by atoms with E-state index in [9.17, 15) is 9.18 Å². The minimum absolute atomic E-state index is 0.0178. The molecule has 3 rings (SSSR count). The first kappa shape index (κ1) is 15.5. The molecule has 1 heterocycles. The highest BCUT2D eigenvalue weighted by molar-refractivity contribution is 5.78. The Morgan fingerprint density at radius 2 is 2.04 bits per heavy atom. The van der Waals surface area contributed by atoms with Gasteiger partial charge in [0.2, 0.25) is 0 Å². The molecule has 0 N–H and O–H groups in total. The second-order valence-electron chi connectivity index (χ2n) is 5.90. The highest BCUT2D eigenvalue weighted by Gasteiger charge is 2.30. The Labute approximate surface area is 135 Å². The maximum Gasteiger partial charge on any atom is 0.261 e. The number of rotatable bonds is 4.